The van der Waals surface area contributed by atoms with E-state index in [1.807, 2.05) is 29.6 Å². The van der Waals surface area contributed by atoms with Crippen molar-refractivity contribution in [2.24, 2.45) is 4.99 Å². The van der Waals surface area contributed by atoms with E-state index in [-0.39, 0.29) is 0 Å². The molecule has 7 nitrogen and oxygen atoms in total. The summed E-state index contributed by atoms with van der Waals surface area (Å²) in [6.45, 7) is 2.46. The zero-order chi connectivity index (χ0) is 18.0. The average Bonchev–Trinajstić information content (AvgIpc) is 3.42. The van der Waals surface area contributed by atoms with Crippen molar-refractivity contribution in [2.45, 2.75) is 19.6 Å². The second-order valence-corrected chi connectivity index (χ2v) is 6.41. The number of aliphatic imine (C=N–C) groups is 1. The van der Waals surface area contributed by atoms with Gasteiger partial charge in [-0.2, -0.15) is 0 Å². The van der Waals surface area contributed by atoms with Crippen molar-refractivity contribution >= 4 is 17.3 Å². The second-order valence-electron chi connectivity index (χ2n) is 5.46. The fourth-order valence-corrected chi connectivity index (χ4v) is 2.90. The van der Waals surface area contributed by atoms with E-state index >= 15 is 0 Å². The Hall–Kier alpha value is -2.58. The first kappa shape index (κ1) is 18.2. The van der Waals surface area contributed by atoms with Gasteiger partial charge in [-0.05, 0) is 30.0 Å². The number of aromatic nitrogens is 1. The van der Waals surface area contributed by atoms with Crippen LogP contribution in [-0.2, 0) is 17.9 Å². The van der Waals surface area contributed by atoms with Gasteiger partial charge in [0, 0.05) is 20.2 Å². The summed E-state index contributed by atoms with van der Waals surface area (Å²) < 4.78 is 16.3. The molecule has 3 aromatic heterocycles. The Kier molecular flexibility index (Phi) is 6.86. The molecule has 0 atom stereocenters. The van der Waals surface area contributed by atoms with Crippen LogP contribution in [-0.4, -0.2) is 31.1 Å². The predicted octanol–water partition coefficient (Wildman–Crippen LogP) is 3.27. The molecule has 0 amide bonds. The molecule has 3 rings (SSSR count). The number of thiophene rings is 1. The van der Waals surface area contributed by atoms with Gasteiger partial charge in [-0.3, -0.25) is 4.99 Å². The summed E-state index contributed by atoms with van der Waals surface area (Å²) in [5.41, 5.74) is 0.832. The Balaban J connectivity index is 1.32. The van der Waals surface area contributed by atoms with E-state index in [4.69, 9.17) is 13.6 Å². The number of nitrogens with zero attached hydrogens (tertiary/aromatic N) is 2. The number of guanidine groups is 1. The number of nitrogens with one attached hydrogen (secondary N) is 2. The molecule has 0 bridgehead atoms. The first-order valence-electron chi connectivity index (χ1n) is 8.38. The summed E-state index contributed by atoms with van der Waals surface area (Å²) in [5.74, 6) is 2.20. The molecule has 138 valence electrons. The summed E-state index contributed by atoms with van der Waals surface area (Å²) in [5, 5.41) is 8.47. The van der Waals surface area contributed by atoms with Gasteiger partial charge < -0.3 is 24.2 Å². The van der Waals surface area contributed by atoms with Crippen LogP contribution in [0.25, 0.3) is 10.8 Å². The Morgan fingerprint density at radius 3 is 3.00 bits per heavy atom. The summed E-state index contributed by atoms with van der Waals surface area (Å²) >= 11 is 1.60. The maximum absolute atomic E-state index is 5.55. The van der Waals surface area contributed by atoms with E-state index in [9.17, 15) is 0 Å². The molecule has 0 unspecified atom stereocenters. The van der Waals surface area contributed by atoms with Crippen molar-refractivity contribution in [1.29, 1.82) is 0 Å². The summed E-state index contributed by atoms with van der Waals surface area (Å²) in [4.78, 5) is 9.70. The third-order valence-corrected chi connectivity index (χ3v) is 4.38. The van der Waals surface area contributed by atoms with Gasteiger partial charge in [0.2, 0.25) is 5.89 Å². The number of hydrogen-bond donors (Lipinski definition) is 2. The molecule has 0 saturated heterocycles. The third kappa shape index (κ3) is 5.47. The van der Waals surface area contributed by atoms with E-state index in [0.717, 1.165) is 35.3 Å². The second kappa shape index (κ2) is 9.79. The molecular formula is C18H22N4O3S. The first-order valence-corrected chi connectivity index (χ1v) is 9.26. The Labute approximate surface area is 156 Å². The topological polar surface area (TPSA) is 84.8 Å². The number of furan rings is 1. The molecule has 0 spiro atoms. The van der Waals surface area contributed by atoms with Gasteiger partial charge in [0.1, 0.15) is 18.6 Å². The molecule has 3 aromatic rings. The van der Waals surface area contributed by atoms with Crippen LogP contribution in [0.1, 0.15) is 17.9 Å². The highest BCUT2D eigenvalue weighted by atomic mass is 32.1. The number of ether oxygens (including phenoxy) is 1. The lowest BCUT2D eigenvalue weighted by Gasteiger charge is -2.10. The Morgan fingerprint density at radius 1 is 1.27 bits per heavy atom. The minimum Gasteiger partial charge on any atom is -0.467 e. The fourth-order valence-electron chi connectivity index (χ4n) is 2.24. The molecule has 2 N–H and O–H groups in total. The van der Waals surface area contributed by atoms with Crippen LogP contribution >= 0.6 is 11.3 Å². The van der Waals surface area contributed by atoms with Gasteiger partial charge in [-0.25, -0.2) is 4.98 Å². The van der Waals surface area contributed by atoms with Gasteiger partial charge in [0.15, 0.2) is 5.96 Å². The predicted molar refractivity (Wildman–Crippen MR) is 101 cm³/mol. The average molecular weight is 374 g/mol. The minimum absolute atomic E-state index is 0.499. The zero-order valence-electron chi connectivity index (χ0n) is 14.6. The Morgan fingerprint density at radius 2 is 2.23 bits per heavy atom. The van der Waals surface area contributed by atoms with Gasteiger partial charge in [0.25, 0.3) is 0 Å². The molecule has 26 heavy (non-hydrogen) atoms. The van der Waals surface area contributed by atoms with E-state index in [1.165, 1.54) is 0 Å². The lowest BCUT2D eigenvalue weighted by atomic mass is 10.4. The number of rotatable bonds is 9. The van der Waals surface area contributed by atoms with Crippen LogP contribution in [0.15, 0.2) is 56.0 Å². The van der Waals surface area contributed by atoms with Crippen LogP contribution < -0.4 is 10.6 Å². The molecule has 0 aliphatic heterocycles. The normalized spacial score (nSPS) is 11.7. The third-order valence-electron chi connectivity index (χ3n) is 3.53. The fraction of sp³-hybridized carbons (Fsp3) is 0.333. The number of hydrogen-bond acceptors (Lipinski definition) is 6. The summed E-state index contributed by atoms with van der Waals surface area (Å²) in [6.07, 6.45) is 4.18. The van der Waals surface area contributed by atoms with E-state index in [2.05, 4.69) is 20.6 Å². The molecule has 0 aliphatic carbocycles. The van der Waals surface area contributed by atoms with Crippen LogP contribution in [0.4, 0.5) is 0 Å². The van der Waals surface area contributed by atoms with Gasteiger partial charge in [0.05, 0.1) is 23.4 Å². The first-order chi connectivity index (χ1) is 12.8. The standard InChI is InChI=1S/C18H22N4O3S/c1-19-18(20-7-4-8-23-13-15-5-2-9-24-15)21-11-14-12-25-17(22-14)16-6-3-10-26-16/h2-3,5-6,9-10,12H,4,7-8,11,13H2,1H3,(H2,19,20,21). The van der Waals surface area contributed by atoms with Crippen molar-refractivity contribution in [1.82, 2.24) is 15.6 Å². The molecular weight excluding hydrogens is 352 g/mol. The zero-order valence-corrected chi connectivity index (χ0v) is 15.4. The minimum atomic E-state index is 0.499. The molecule has 0 fully saturated rings. The molecule has 0 aliphatic rings. The lowest BCUT2D eigenvalue weighted by molar-refractivity contribution is 0.105. The lowest BCUT2D eigenvalue weighted by Crippen LogP contribution is -2.37. The van der Waals surface area contributed by atoms with Gasteiger partial charge in [-0.15, -0.1) is 11.3 Å². The smallest absolute Gasteiger partial charge is 0.236 e. The van der Waals surface area contributed by atoms with Crippen molar-refractivity contribution in [2.75, 3.05) is 20.2 Å². The SMILES string of the molecule is CN=C(NCCCOCc1ccco1)NCc1coc(-c2cccs2)n1. The molecule has 0 radical (unpaired) electrons. The highest BCUT2D eigenvalue weighted by Crippen LogP contribution is 2.23. The molecule has 3 heterocycles. The molecule has 8 heteroatoms. The Bertz CT molecular complexity index is 781. The maximum atomic E-state index is 5.55. The molecule has 0 saturated carbocycles. The maximum Gasteiger partial charge on any atom is 0.236 e. The number of oxazole rings is 1. The van der Waals surface area contributed by atoms with Crippen molar-refractivity contribution in [3.05, 3.63) is 53.6 Å². The van der Waals surface area contributed by atoms with E-state index in [0.29, 0.717) is 25.6 Å². The molecule has 0 aromatic carbocycles. The van der Waals surface area contributed by atoms with Crippen molar-refractivity contribution < 1.29 is 13.6 Å². The van der Waals surface area contributed by atoms with Gasteiger partial charge in [-0.1, -0.05) is 6.07 Å². The largest absolute Gasteiger partial charge is 0.467 e. The summed E-state index contributed by atoms with van der Waals surface area (Å²) in [7, 11) is 1.74. The van der Waals surface area contributed by atoms with Crippen molar-refractivity contribution in [3.63, 3.8) is 0 Å². The van der Waals surface area contributed by atoms with Crippen LogP contribution in [0, 0.1) is 0 Å². The highest BCUT2D eigenvalue weighted by Gasteiger charge is 2.08. The van der Waals surface area contributed by atoms with Crippen LogP contribution in [0.5, 0.6) is 0 Å². The monoisotopic (exact) mass is 374 g/mol. The van der Waals surface area contributed by atoms with E-state index in [1.54, 1.807) is 30.9 Å². The van der Waals surface area contributed by atoms with Crippen LogP contribution in [0.2, 0.25) is 0 Å². The highest BCUT2D eigenvalue weighted by molar-refractivity contribution is 7.13. The van der Waals surface area contributed by atoms with Crippen molar-refractivity contribution in [3.8, 4) is 10.8 Å². The summed E-state index contributed by atoms with van der Waals surface area (Å²) in [6, 6.07) is 7.72. The van der Waals surface area contributed by atoms with Gasteiger partial charge >= 0.3 is 0 Å². The quantitative estimate of drug-likeness (QED) is 0.340. The van der Waals surface area contributed by atoms with E-state index < -0.39 is 0 Å². The van der Waals surface area contributed by atoms with Crippen LogP contribution in [0.3, 0.4) is 0 Å².